The zero-order chi connectivity index (χ0) is 13.8. The molecule has 1 heterocycles. The molecule has 1 aromatic heterocycles. The highest BCUT2D eigenvalue weighted by Crippen LogP contribution is 2.14. The Morgan fingerprint density at radius 1 is 1.44 bits per heavy atom. The van der Waals surface area contributed by atoms with Gasteiger partial charge in [-0.3, -0.25) is 10.1 Å². The second-order valence-electron chi connectivity index (χ2n) is 3.96. The van der Waals surface area contributed by atoms with Crippen molar-refractivity contribution in [2.24, 2.45) is 0 Å². The maximum Gasteiger partial charge on any atom is 0.405 e. The molecule has 0 aromatic carbocycles. The summed E-state index contributed by atoms with van der Waals surface area (Å²) in [5, 5.41) is 4.66. The number of hydrogen-bond donors (Lipinski definition) is 2. The number of alkyl halides is 3. The Labute approximate surface area is 103 Å². The number of rotatable bonds is 5. The van der Waals surface area contributed by atoms with Crippen molar-refractivity contribution in [3.05, 3.63) is 24.2 Å². The topological polar surface area (TPSA) is 54.3 Å². The van der Waals surface area contributed by atoms with Crippen LogP contribution in [0.15, 0.2) is 22.8 Å². The van der Waals surface area contributed by atoms with Crippen LogP contribution in [0.3, 0.4) is 0 Å². The van der Waals surface area contributed by atoms with Gasteiger partial charge in [-0.1, -0.05) is 0 Å². The van der Waals surface area contributed by atoms with E-state index >= 15 is 0 Å². The third kappa shape index (κ3) is 4.79. The Kier molecular flexibility index (Phi) is 4.77. The Hall–Kier alpha value is -1.50. The molecule has 0 radical (unpaired) electrons. The molecule has 0 aliphatic rings. The number of halogens is 3. The first kappa shape index (κ1) is 14.6. The Bertz CT molecular complexity index is 376. The van der Waals surface area contributed by atoms with E-state index in [1.54, 1.807) is 19.1 Å². The highest BCUT2D eigenvalue weighted by atomic mass is 19.4. The molecule has 1 amide bonds. The van der Waals surface area contributed by atoms with Crippen molar-refractivity contribution in [1.82, 2.24) is 10.6 Å². The molecule has 0 saturated carbocycles. The third-order valence-corrected chi connectivity index (χ3v) is 2.33. The quantitative estimate of drug-likeness (QED) is 0.855. The fraction of sp³-hybridized carbons (Fsp3) is 0.545. The standard InChI is InChI=1S/C11H15F3N2O2/c1-7(9-4-3-5-18-9)16-8(2)10(17)15-6-11(12,13)14/h3-5,7-8,16H,6H2,1-2H3,(H,15,17). The van der Waals surface area contributed by atoms with Crippen LogP contribution in [0, 0.1) is 0 Å². The molecule has 0 fully saturated rings. The molecule has 0 saturated heterocycles. The van der Waals surface area contributed by atoms with Crippen LogP contribution in [0.25, 0.3) is 0 Å². The van der Waals surface area contributed by atoms with Crippen molar-refractivity contribution in [3.8, 4) is 0 Å². The molecule has 0 aliphatic carbocycles. The van der Waals surface area contributed by atoms with Crippen LogP contribution >= 0.6 is 0 Å². The van der Waals surface area contributed by atoms with Crippen molar-refractivity contribution < 1.29 is 22.4 Å². The van der Waals surface area contributed by atoms with Crippen LogP contribution in [-0.2, 0) is 4.79 Å². The normalized spacial score (nSPS) is 15.2. The molecule has 2 N–H and O–H groups in total. The van der Waals surface area contributed by atoms with E-state index in [-0.39, 0.29) is 6.04 Å². The van der Waals surface area contributed by atoms with E-state index in [0.717, 1.165) is 0 Å². The van der Waals surface area contributed by atoms with Gasteiger partial charge in [-0.25, -0.2) is 0 Å². The number of nitrogens with one attached hydrogen (secondary N) is 2. The minimum atomic E-state index is -4.40. The van der Waals surface area contributed by atoms with Crippen LogP contribution in [0.4, 0.5) is 13.2 Å². The van der Waals surface area contributed by atoms with Gasteiger partial charge in [-0.15, -0.1) is 0 Å². The number of amides is 1. The molecule has 18 heavy (non-hydrogen) atoms. The van der Waals surface area contributed by atoms with Crippen molar-refractivity contribution in [2.45, 2.75) is 32.1 Å². The minimum Gasteiger partial charge on any atom is -0.468 e. The van der Waals surface area contributed by atoms with Gasteiger partial charge in [0.15, 0.2) is 0 Å². The van der Waals surface area contributed by atoms with Crippen LogP contribution < -0.4 is 10.6 Å². The number of carbonyl (C=O) groups is 1. The van der Waals surface area contributed by atoms with E-state index in [9.17, 15) is 18.0 Å². The van der Waals surface area contributed by atoms with Crippen molar-refractivity contribution in [2.75, 3.05) is 6.54 Å². The van der Waals surface area contributed by atoms with E-state index in [2.05, 4.69) is 5.32 Å². The third-order valence-electron chi connectivity index (χ3n) is 2.33. The fourth-order valence-electron chi connectivity index (χ4n) is 1.41. The zero-order valence-electron chi connectivity index (χ0n) is 10.0. The van der Waals surface area contributed by atoms with E-state index in [4.69, 9.17) is 4.42 Å². The van der Waals surface area contributed by atoms with Gasteiger partial charge >= 0.3 is 6.18 Å². The Balaban J connectivity index is 2.40. The van der Waals surface area contributed by atoms with Gasteiger partial charge in [0.2, 0.25) is 5.91 Å². The van der Waals surface area contributed by atoms with Crippen molar-refractivity contribution in [3.63, 3.8) is 0 Å². The summed E-state index contributed by atoms with van der Waals surface area (Å²) >= 11 is 0. The van der Waals surface area contributed by atoms with E-state index in [0.29, 0.717) is 5.76 Å². The van der Waals surface area contributed by atoms with Gasteiger partial charge in [0.05, 0.1) is 18.3 Å². The first-order valence-corrected chi connectivity index (χ1v) is 5.43. The highest BCUT2D eigenvalue weighted by molar-refractivity contribution is 5.81. The maximum atomic E-state index is 11.9. The van der Waals surface area contributed by atoms with E-state index < -0.39 is 24.7 Å². The van der Waals surface area contributed by atoms with Gasteiger partial charge in [0, 0.05) is 0 Å². The lowest BCUT2D eigenvalue weighted by Gasteiger charge is -2.18. The monoisotopic (exact) mass is 264 g/mol. The molecule has 1 aromatic rings. The average molecular weight is 264 g/mol. The molecule has 102 valence electrons. The second kappa shape index (κ2) is 5.90. The predicted octanol–water partition coefficient (Wildman–Crippen LogP) is 2.00. The van der Waals surface area contributed by atoms with E-state index in [1.165, 1.54) is 13.2 Å². The van der Waals surface area contributed by atoms with Gasteiger partial charge < -0.3 is 9.73 Å². The SMILES string of the molecule is CC(NC(C)c1ccco1)C(=O)NCC(F)(F)F. The average Bonchev–Trinajstić information content (AvgIpc) is 2.77. The van der Waals surface area contributed by atoms with Crippen molar-refractivity contribution >= 4 is 5.91 Å². The number of furan rings is 1. The predicted molar refractivity (Wildman–Crippen MR) is 58.8 cm³/mol. The van der Waals surface area contributed by atoms with Gasteiger partial charge in [0.1, 0.15) is 12.3 Å². The summed E-state index contributed by atoms with van der Waals surface area (Å²) < 4.78 is 40.9. The lowest BCUT2D eigenvalue weighted by atomic mass is 10.2. The molecule has 0 bridgehead atoms. The smallest absolute Gasteiger partial charge is 0.405 e. The number of hydrogen-bond acceptors (Lipinski definition) is 3. The highest BCUT2D eigenvalue weighted by Gasteiger charge is 2.29. The molecule has 1 rings (SSSR count). The molecule has 0 aliphatic heterocycles. The Morgan fingerprint density at radius 2 is 2.11 bits per heavy atom. The van der Waals surface area contributed by atoms with Crippen LogP contribution in [0.5, 0.6) is 0 Å². The molecular weight excluding hydrogens is 249 g/mol. The van der Waals surface area contributed by atoms with Crippen LogP contribution in [0.1, 0.15) is 25.6 Å². The first-order chi connectivity index (χ1) is 8.29. The molecule has 0 spiro atoms. The van der Waals surface area contributed by atoms with Crippen molar-refractivity contribution in [1.29, 1.82) is 0 Å². The molecule has 4 nitrogen and oxygen atoms in total. The summed E-state index contributed by atoms with van der Waals surface area (Å²) in [6.07, 6.45) is -2.91. The van der Waals surface area contributed by atoms with Gasteiger partial charge in [-0.2, -0.15) is 13.2 Å². The largest absolute Gasteiger partial charge is 0.468 e. The summed E-state index contributed by atoms with van der Waals surface area (Å²) in [6, 6.07) is 2.42. The minimum absolute atomic E-state index is 0.258. The van der Waals surface area contributed by atoms with Crippen LogP contribution in [0.2, 0.25) is 0 Å². The fourth-order valence-corrected chi connectivity index (χ4v) is 1.41. The molecule has 7 heteroatoms. The van der Waals surface area contributed by atoms with Gasteiger partial charge in [0.25, 0.3) is 0 Å². The maximum absolute atomic E-state index is 11.9. The van der Waals surface area contributed by atoms with Gasteiger partial charge in [-0.05, 0) is 26.0 Å². The van der Waals surface area contributed by atoms with E-state index in [1.807, 2.05) is 5.32 Å². The lowest BCUT2D eigenvalue weighted by molar-refractivity contribution is -0.139. The zero-order valence-corrected chi connectivity index (χ0v) is 10.0. The summed E-state index contributed by atoms with van der Waals surface area (Å²) in [7, 11) is 0. The summed E-state index contributed by atoms with van der Waals surface area (Å²) in [5.74, 6) is -0.0868. The molecule has 2 unspecified atom stereocenters. The summed E-state index contributed by atoms with van der Waals surface area (Å²) in [6.45, 7) is 1.92. The lowest BCUT2D eigenvalue weighted by Crippen LogP contribution is -2.45. The Morgan fingerprint density at radius 3 is 2.61 bits per heavy atom. The summed E-state index contributed by atoms with van der Waals surface area (Å²) in [4.78, 5) is 11.4. The van der Waals surface area contributed by atoms with Crippen LogP contribution in [-0.4, -0.2) is 24.7 Å². The summed E-state index contributed by atoms with van der Waals surface area (Å²) in [5.41, 5.74) is 0. The molecular formula is C11H15F3N2O2. The first-order valence-electron chi connectivity index (χ1n) is 5.43. The number of carbonyl (C=O) groups excluding carboxylic acids is 1. The molecule has 2 atom stereocenters. The second-order valence-corrected chi connectivity index (χ2v) is 3.96.